The van der Waals surface area contributed by atoms with Gasteiger partial charge in [-0.2, -0.15) is 0 Å². The average molecular weight is 594 g/mol. The second-order valence-electron chi connectivity index (χ2n) is 14.7. The van der Waals surface area contributed by atoms with Crippen LogP contribution in [0.3, 0.4) is 0 Å². The van der Waals surface area contributed by atoms with Gasteiger partial charge in [0, 0.05) is 35.0 Å². The number of carbonyl (C=O) groups excluding carboxylic acids is 3. The molecule has 6 unspecified atom stereocenters. The number of hydrogen-bond donors (Lipinski definition) is 2. The minimum absolute atomic E-state index is 0.0582. The van der Waals surface area contributed by atoms with Crippen molar-refractivity contribution in [2.24, 2.45) is 34.0 Å². The highest BCUT2D eigenvalue weighted by Gasteiger charge is 2.68. The monoisotopic (exact) mass is 593 g/mol. The molecule has 2 bridgehead atoms. The molecule has 1 heterocycles. The predicted molar refractivity (Wildman–Crippen MR) is 159 cm³/mol. The first-order valence-corrected chi connectivity index (χ1v) is 16.3. The molecule has 2 N–H and O–H groups in total. The number of ether oxygens (including phenoxy) is 2. The average Bonchev–Trinajstić information content (AvgIpc) is 3.25. The van der Waals surface area contributed by atoms with E-state index >= 15 is 0 Å². The summed E-state index contributed by atoms with van der Waals surface area (Å²) in [5.74, 6) is -0.260. The number of carbonyl (C=O) groups is 3. The highest BCUT2D eigenvalue weighted by molar-refractivity contribution is 8.00. The number of thioether (sulfide) groups is 1. The van der Waals surface area contributed by atoms with Gasteiger partial charge < -0.3 is 24.6 Å². The highest BCUT2D eigenvalue weighted by Crippen LogP contribution is 2.68. The molecule has 3 aliphatic carbocycles. The van der Waals surface area contributed by atoms with Crippen molar-refractivity contribution in [3.05, 3.63) is 12.7 Å². The summed E-state index contributed by atoms with van der Waals surface area (Å²) in [6.07, 6.45) is 3.33. The number of ketones is 1. The van der Waals surface area contributed by atoms with Gasteiger partial charge >= 0.3 is 12.1 Å². The van der Waals surface area contributed by atoms with Crippen molar-refractivity contribution in [2.75, 3.05) is 18.8 Å². The van der Waals surface area contributed by atoms with E-state index in [1.165, 1.54) is 16.7 Å². The van der Waals surface area contributed by atoms with Crippen LogP contribution in [0, 0.1) is 34.0 Å². The van der Waals surface area contributed by atoms with Crippen molar-refractivity contribution in [3.63, 3.8) is 0 Å². The highest BCUT2D eigenvalue weighted by atomic mass is 32.2. The molecular weight excluding hydrogens is 542 g/mol. The number of likely N-dealkylation sites (tertiary alicyclic amines) is 1. The maximum Gasteiger partial charge on any atom is 0.410 e. The van der Waals surface area contributed by atoms with Crippen molar-refractivity contribution in [1.82, 2.24) is 4.90 Å². The lowest BCUT2D eigenvalue weighted by molar-refractivity contribution is -0.205. The molecule has 41 heavy (non-hydrogen) atoms. The molecule has 8 nitrogen and oxygen atoms in total. The van der Waals surface area contributed by atoms with Crippen molar-refractivity contribution in [3.8, 4) is 0 Å². The third-order valence-electron chi connectivity index (χ3n) is 11.2. The van der Waals surface area contributed by atoms with Crippen molar-refractivity contribution in [1.29, 1.82) is 0 Å². The van der Waals surface area contributed by atoms with Gasteiger partial charge in [-0.1, -0.05) is 33.8 Å². The molecule has 0 spiro atoms. The van der Waals surface area contributed by atoms with E-state index in [-0.39, 0.29) is 52.5 Å². The summed E-state index contributed by atoms with van der Waals surface area (Å²) >= 11 is 1.35. The number of amides is 1. The molecule has 0 aromatic heterocycles. The van der Waals surface area contributed by atoms with Gasteiger partial charge in [-0.05, 0) is 70.1 Å². The van der Waals surface area contributed by atoms with Crippen molar-refractivity contribution < 1.29 is 34.1 Å². The number of aliphatic hydroxyl groups is 2. The van der Waals surface area contributed by atoms with E-state index in [4.69, 9.17) is 9.47 Å². The molecule has 0 radical (unpaired) electrons. The van der Waals surface area contributed by atoms with Gasteiger partial charge in [-0.3, -0.25) is 9.59 Å². The maximum atomic E-state index is 13.6. The summed E-state index contributed by atoms with van der Waals surface area (Å²) < 4.78 is 11.8. The molecule has 232 valence electrons. The van der Waals surface area contributed by atoms with Gasteiger partial charge in [0.1, 0.15) is 17.5 Å². The smallest absolute Gasteiger partial charge is 0.410 e. The Bertz CT molecular complexity index is 1040. The molecule has 4 rings (SSSR count). The van der Waals surface area contributed by atoms with Crippen LogP contribution in [0.4, 0.5) is 4.79 Å². The Morgan fingerprint density at radius 2 is 1.85 bits per heavy atom. The lowest BCUT2D eigenvalue weighted by Crippen LogP contribution is -2.63. The second kappa shape index (κ2) is 11.5. The fourth-order valence-electron chi connectivity index (χ4n) is 8.47. The molecular formula is C32H51NO7S. The van der Waals surface area contributed by atoms with Gasteiger partial charge in [-0.15, -0.1) is 18.3 Å². The summed E-state index contributed by atoms with van der Waals surface area (Å²) in [5, 5.41) is 22.2. The van der Waals surface area contributed by atoms with E-state index in [2.05, 4.69) is 27.4 Å². The van der Waals surface area contributed by atoms with Crippen LogP contribution in [-0.2, 0) is 19.1 Å². The predicted octanol–water partition coefficient (Wildman–Crippen LogP) is 5.00. The molecule has 0 aromatic rings. The Kier molecular flexibility index (Phi) is 9.06. The summed E-state index contributed by atoms with van der Waals surface area (Å²) in [6.45, 7) is 18.5. The van der Waals surface area contributed by atoms with E-state index in [0.29, 0.717) is 25.8 Å². The lowest BCUT2D eigenvalue weighted by atomic mass is 9.44. The first kappa shape index (κ1) is 32.3. The number of piperidine rings is 1. The minimum Gasteiger partial charge on any atom is -0.461 e. The zero-order valence-electron chi connectivity index (χ0n) is 26.0. The summed E-state index contributed by atoms with van der Waals surface area (Å²) in [4.78, 5) is 40.9. The minimum atomic E-state index is -0.788. The number of aliphatic hydroxyl groups excluding tert-OH is 2. The Balaban J connectivity index is 1.49. The molecule has 1 saturated heterocycles. The fraction of sp³-hybridized carbons (Fsp3) is 0.844. The Morgan fingerprint density at radius 1 is 1.17 bits per heavy atom. The van der Waals surface area contributed by atoms with Crippen LogP contribution in [0.25, 0.3) is 0 Å². The lowest BCUT2D eigenvalue weighted by Gasteiger charge is -2.61. The van der Waals surface area contributed by atoms with Gasteiger partial charge in [0.15, 0.2) is 0 Å². The fourth-order valence-corrected chi connectivity index (χ4v) is 9.46. The number of hydrogen-bond acceptors (Lipinski definition) is 8. The van der Waals surface area contributed by atoms with Gasteiger partial charge in [-0.25, -0.2) is 4.79 Å². The Hall–Kier alpha value is -1.58. The van der Waals surface area contributed by atoms with Gasteiger partial charge in [0.05, 0.1) is 24.5 Å². The van der Waals surface area contributed by atoms with Crippen LogP contribution in [-0.4, -0.2) is 81.0 Å². The number of esters is 1. The Labute approximate surface area is 250 Å². The molecule has 1 amide bonds. The molecule has 4 aliphatic rings. The van der Waals surface area contributed by atoms with Crippen LogP contribution >= 0.6 is 11.8 Å². The Morgan fingerprint density at radius 3 is 2.46 bits per heavy atom. The van der Waals surface area contributed by atoms with E-state index in [0.717, 1.165) is 19.3 Å². The summed E-state index contributed by atoms with van der Waals surface area (Å²) in [6, 6.07) is 0. The van der Waals surface area contributed by atoms with Crippen LogP contribution in [0.15, 0.2) is 12.7 Å². The SMILES string of the molecule is C=C[C@]1(C)C[C@@H](OC(=O)CSC2CCN(C(=O)OC(C)(C)C)CC2O)[C@]2(C)C(C)CCC3(CCC(=O)C32)[C@@H](C)C1O. The zero-order valence-corrected chi connectivity index (χ0v) is 26.8. The number of nitrogens with zero attached hydrogens (tertiary/aromatic N) is 1. The normalized spacial score (nSPS) is 43.0. The van der Waals surface area contributed by atoms with Crippen molar-refractivity contribution >= 4 is 29.6 Å². The third kappa shape index (κ3) is 5.84. The quantitative estimate of drug-likeness (QED) is 0.338. The van der Waals surface area contributed by atoms with Gasteiger partial charge in [0.2, 0.25) is 0 Å². The van der Waals surface area contributed by atoms with E-state index < -0.39 is 40.8 Å². The van der Waals surface area contributed by atoms with Gasteiger partial charge in [0.25, 0.3) is 0 Å². The molecule has 4 fully saturated rings. The van der Waals surface area contributed by atoms with Crippen LogP contribution in [0.1, 0.15) is 87.0 Å². The summed E-state index contributed by atoms with van der Waals surface area (Å²) in [7, 11) is 0. The number of rotatable bonds is 5. The van der Waals surface area contributed by atoms with Crippen LogP contribution in [0.5, 0.6) is 0 Å². The first-order chi connectivity index (χ1) is 19.0. The zero-order chi connectivity index (χ0) is 30.5. The van der Waals surface area contributed by atoms with E-state index in [1.807, 2.05) is 27.7 Å². The summed E-state index contributed by atoms with van der Waals surface area (Å²) in [5.41, 5.74) is -2.15. The largest absolute Gasteiger partial charge is 0.461 e. The molecule has 10 atom stereocenters. The molecule has 0 aromatic carbocycles. The maximum absolute atomic E-state index is 13.6. The number of Topliss-reactive ketones (excluding diaryl/α,β-unsaturated/α-hetero) is 1. The molecule has 3 saturated carbocycles. The van der Waals surface area contributed by atoms with Crippen molar-refractivity contribution in [2.45, 2.75) is 116 Å². The van der Waals surface area contributed by atoms with E-state index in [1.54, 1.807) is 6.08 Å². The topological polar surface area (TPSA) is 113 Å². The van der Waals surface area contributed by atoms with E-state index in [9.17, 15) is 24.6 Å². The standard InChI is InChI=1S/C32H51NO7S/c1-9-30(7)16-24(31(8)19(2)10-13-32(20(3)27(30)37)14-11-21(34)26(31)32)39-25(36)18-41-23-12-15-33(17-22(23)35)28(38)40-29(4,5)6/h9,19-20,22-24,26-27,35,37H,1,10-18H2,2-8H3/t19?,20-,22?,23?,24+,26?,27?,30+,31-,32?/m0/s1. The van der Waals surface area contributed by atoms with Crippen LogP contribution < -0.4 is 0 Å². The molecule has 9 heteroatoms. The third-order valence-corrected chi connectivity index (χ3v) is 12.5. The second-order valence-corrected chi connectivity index (χ2v) is 15.9. The van der Waals surface area contributed by atoms with Crippen LogP contribution in [0.2, 0.25) is 0 Å². The molecule has 1 aliphatic heterocycles. The first-order valence-electron chi connectivity index (χ1n) is 15.3. The number of β-amino-alcohol motifs (C(OH)–C–C–N with tert-alkyl or cyclic N) is 1.